The highest BCUT2D eigenvalue weighted by molar-refractivity contribution is 7.99. The highest BCUT2D eigenvalue weighted by atomic mass is 32.2. The summed E-state index contributed by atoms with van der Waals surface area (Å²) in [6, 6.07) is 11.8. The molecule has 3 heterocycles. The summed E-state index contributed by atoms with van der Waals surface area (Å²) >= 11 is 1.66. The SMILES string of the molecule is CCCCCCc1ccc(C(=O)N2CCN(C(=O)CCCCSc3nnc(-c4ccco4)n3CC)CC2C)cc1. The Balaban J connectivity index is 1.17. The van der Waals surface area contributed by atoms with E-state index in [2.05, 4.69) is 40.7 Å². The number of piperazine rings is 1. The molecular formula is C31H43N5O3S. The van der Waals surface area contributed by atoms with Crippen molar-refractivity contribution in [1.82, 2.24) is 24.6 Å². The summed E-state index contributed by atoms with van der Waals surface area (Å²) in [5.41, 5.74) is 2.03. The van der Waals surface area contributed by atoms with E-state index in [-0.39, 0.29) is 17.9 Å². The second-order valence-electron chi connectivity index (χ2n) is 10.5. The fourth-order valence-electron chi connectivity index (χ4n) is 5.19. The Labute approximate surface area is 242 Å². The van der Waals surface area contributed by atoms with E-state index in [4.69, 9.17) is 4.42 Å². The Morgan fingerprint density at radius 3 is 2.52 bits per heavy atom. The maximum atomic E-state index is 13.2. The molecule has 9 heteroatoms. The molecule has 1 aliphatic heterocycles. The number of amides is 2. The van der Waals surface area contributed by atoms with Crippen molar-refractivity contribution >= 4 is 23.6 Å². The van der Waals surface area contributed by atoms with Gasteiger partial charge in [-0.3, -0.25) is 14.2 Å². The Kier molecular flexibility index (Phi) is 11.3. The minimum atomic E-state index is -0.00163. The molecule has 4 rings (SSSR count). The monoisotopic (exact) mass is 565 g/mol. The van der Waals surface area contributed by atoms with Crippen molar-refractivity contribution in [3.63, 3.8) is 0 Å². The fourth-order valence-corrected chi connectivity index (χ4v) is 6.19. The number of furan rings is 1. The quantitative estimate of drug-likeness (QED) is 0.168. The van der Waals surface area contributed by atoms with Gasteiger partial charge in [-0.05, 0) is 69.4 Å². The predicted octanol–water partition coefficient (Wildman–Crippen LogP) is 6.32. The third-order valence-electron chi connectivity index (χ3n) is 7.55. The second-order valence-corrected chi connectivity index (χ2v) is 11.6. The summed E-state index contributed by atoms with van der Waals surface area (Å²) in [5.74, 6) is 2.57. The van der Waals surface area contributed by atoms with Crippen LogP contribution in [0.4, 0.5) is 0 Å². The predicted molar refractivity (Wildman–Crippen MR) is 159 cm³/mol. The van der Waals surface area contributed by atoms with Crippen molar-refractivity contribution in [3.05, 3.63) is 53.8 Å². The lowest BCUT2D eigenvalue weighted by Gasteiger charge is -2.40. The van der Waals surface area contributed by atoms with Crippen molar-refractivity contribution in [1.29, 1.82) is 0 Å². The van der Waals surface area contributed by atoms with Crippen molar-refractivity contribution in [2.45, 2.75) is 89.9 Å². The van der Waals surface area contributed by atoms with Gasteiger partial charge < -0.3 is 14.2 Å². The minimum absolute atomic E-state index is 0.00163. The Hall–Kier alpha value is -3.07. The maximum absolute atomic E-state index is 13.2. The van der Waals surface area contributed by atoms with Crippen LogP contribution in [0.1, 0.15) is 81.6 Å². The van der Waals surface area contributed by atoms with Crippen LogP contribution in [-0.2, 0) is 17.8 Å². The molecule has 8 nitrogen and oxygen atoms in total. The molecule has 1 unspecified atom stereocenters. The van der Waals surface area contributed by atoms with E-state index in [1.807, 2.05) is 41.0 Å². The third kappa shape index (κ3) is 7.77. The van der Waals surface area contributed by atoms with E-state index in [1.165, 1.54) is 31.2 Å². The summed E-state index contributed by atoms with van der Waals surface area (Å²) in [4.78, 5) is 29.9. The van der Waals surface area contributed by atoms with Gasteiger partial charge in [0.25, 0.3) is 5.91 Å². The lowest BCUT2D eigenvalue weighted by atomic mass is 10.0. The smallest absolute Gasteiger partial charge is 0.254 e. The molecule has 0 spiro atoms. The first-order valence-corrected chi connectivity index (χ1v) is 15.8. The average Bonchev–Trinajstić information content (AvgIpc) is 3.65. The molecule has 1 aromatic carbocycles. The second kappa shape index (κ2) is 15.1. The number of rotatable bonds is 14. The number of thioether (sulfide) groups is 1. The lowest BCUT2D eigenvalue weighted by Crippen LogP contribution is -2.55. The van der Waals surface area contributed by atoms with Crippen LogP contribution in [0.5, 0.6) is 0 Å². The maximum Gasteiger partial charge on any atom is 0.254 e. The van der Waals surface area contributed by atoms with Gasteiger partial charge in [0, 0.05) is 50.0 Å². The van der Waals surface area contributed by atoms with Crippen LogP contribution in [0.3, 0.4) is 0 Å². The van der Waals surface area contributed by atoms with Gasteiger partial charge >= 0.3 is 0 Å². The Bertz CT molecular complexity index is 1210. The molecule has 0 radical (unpaired) electrons. The number of nitrogens with zero attached hydrogens (tertiary/aromatic N) is 5. The van der Waals surface area contributed by atoms with E-state index in [0.717, 1.165) is 48.1 Å². The van der Waals surface area contributed by atoms with Crippen LogP contribution in [0.25, 0.3) is 11.6 Å². The highest BCUT2D eigenvalue weighted by Gasteiger charge is 2.30. The molecule has 216 valence electrons. The van der Waals surface area contributed by atoms with Crippen LogP contribution in [0.2, 0.25) is 0 Å². The number of benzene rings is 1. The first-order chi connectivity index (χ1) is 19.5. The number of carbonyl (C=O) groups is 2. The molecule has 2 aromatic heterocycles. The minimum Gasteiger partial charge on any atom is -0.461 e. The van der Waals surface area contributed by atoms with Crippen LogP contribution in [-0.4, -0.2) is 67.8 Å². The van der Waals surface area contributed by atoms with E-state index in [1.54, 1.807) is 18.0 Å². The topological polar surface area (TPSA) is 84.5 Å². The standard InChI is InChI=1S/C31H43N5O3S/c1-4-6-7-8-12-25-15-17-26(18-16-25)30(38)36-20-19-34(23-24(36)3)28(37)14-9-10-22-40-31-33-32-29(35(31)5-2)27-13-11-21-39-27/h11,13,15-18,21,24H,4-10,12,14,19-20,22-23H2,1-3H3. The normalized spacial score (nSPS) is 15.5. The molecule has 1 atom stereocenters. The zero-order valence-corrected chi connectivity index (χ0v) is 25.0. The van der Waals surface area contributed by atoms with Gasteiger partial charge in [0.1, 0.15) is 0 Å². The van der Waals surface area contributed by atoms with Gasteiger partial charge in [0.2, 0.25) is 5.91 Å². The highest BCUT2D eigenvalue weighted by Crippen LogP contribution is 2.25. The van der Waals surface area contributed by atoms with Gasteiger partial charge in [-0.2, -0.15) is 0 Å². The van der Waals surface area contributed by atoms with Gasteiger partial charge in [0.05, 0.1) is 6.26 Å². The van der Waals surface area contributed by atoms with Crippen molar-refractivity contribution < 1.29 is 14.0 Å². The van der Waals surface area contributed by atoms with Gasteiger partial charge in [-0.1, -0.05) is 50.1 Å². The van der Waals surface area contributed by atoms with E-state index in [0.29, 0.717) is 31.8 Å². The molecule has 3 aromatic rings. The summed E-state index contributed by atoms with van der Waals surface area (Å²) < 4.78 is 7.53. The average molecular weight is 566 g/mol. The van der Waals surface area contributed by atoms with Crippen molar-refractivity contribution in [2.75, 3.05) is 25.4 Å². The zero-order chi connectivity index (χ0) is 28.3. The van der Waals surface area contributed by atoms with Crippen molar-refractivity contribution in [3.8, 4) is 11.6 Å². The Morgan fingerprint density at radius 2 is 1.82 bits per heavy atom. The summed E-state index contributed by atoms with van der Waals surface area (Å²) in [7, 11) is 0. The molecule has 1 saturated heterocycles. The van der Waals surface area contributed by atoms with Crippen molar-refractivity contribution in [2.24, 2.45) is 0 Å². The number of aromatic nitrogens is 3. The zero-order valence-electron chi connectivity index (χ0n) is 24.2. The largest absolute Gasteiger partial charge is 0.461 e. The number of unbranched alkanes of at least 4 members (excludes halogenated alkanes) is 4. The summed E-state index contributed by atoms with van der Waals surface area (Å²) in [6.07, 6.45) is 9.96. The molecular weight excluding hydrogens is 522 g/mol. The molecule has 0 N–H and O–H groups in total. The molecule has 40 heavy (non-hydrogen) atoms. The molecule has 0 bridgehead atoms. The van der Waals surface area contributed by atoms with Crippen LogP contribution in [0.15, 0.2) is 52.2 Å². The third-order valence-corrected chi connectivity index (χ3v) is 8.60. The number of carbonyl (C=O) groups excluding carboxylic acids is 2. The van der Waals surface area contributed by atoms with Crippen LogP contribution >= 0.6 is 11.8 Å². The summed E-state index contributed by atoms with van der Waals surface area (Å²) in [5, 5.41) is 9.50. The molecule has 0 aliphatic carbocycles. The fraction of sp³-hybridized carbons (Fsp3) is 0.548. The molecule has 1 aliphatic rings. The Morgan fingerprint density at radius 1 is 1.00 bits per heavy atom. The number of hydrogen-bond acceptors (Lipinski definition) is 6. The van der Waals surface area contributed by atoms with Crippen LogP contribution in [0, 0.1) is 0 Å². The van der Waals surface area contributed by atoms with E-state index in [9.17, 15) is 9.59 Å². The first kappa shape index (κ1) is 29.9. The molecule has 2 amide bonds. The van der Waals surface area contributed by atoms with E-state index >= 15 is 0 Å². The molecule has 1 fully saturated rings. The van der Waals surface area contributed by atoms with Gasteiger partial charge in [-0.15, -0.1) is 10.2 Å². The van der Waals surface area contributed by atoms with Gasteiger partial charge in [0.15, 0.2) is 16.7 Å². The lowest BCUT2D eigenvalue weighted by molar-refractivity contribution is -0.133. The number of hydrogen-bond donors (Lipinski definition) is 0. The first-order valence-electron chi connectivity index (χ1n) is 14.8. The molecule has 0 saturated carbocycles. The van der Waals surface area contributed by atoms with Gasteiger partial charge in [-0.25, -0.2) is 0 Å². The summed E-state index contributed by atoms with van der Waals surface area (Å²) in [6.45, 7) is 8.85. The number of aryl methyl sites for hydroxylation is 1. The van der Waals surface area contributed by atoms with E-state index < -0.39 is 0 Å². The van der Waals surface area contributed by atoms with Crippen LogP contribution < -0.4 is 0 Å².